The van der Waals surface area contributed by atoms with Gasteiger partial charge >= 0.3 is 0 Å². The second kappa shape index (κ2) is 5.67. The van der Waals surface area contributed by atoms with Crippen LogP contribution in [0.3, 0.4) is 0 Å². The molecule has 0 saturated heterocycles. The van der Waals surface area contributed by atoms with Gasteiger partial charge in [0.15, 0.2) is 0 Å². The maximum Gasteiger partial charge on any atom is 0.0997 e. The molecule has 1 aliphatic rings. The van der Waals surface area contributed by atoms with E-state index in [1.54, 1.807) is 12.3 Å². The second-order valence-electron chi connectivity index (χ2n) is 4.02. The van der Waals surface area contributed by atoms with E-state index in [0.717, 1.165) is 31.4 Å². The fraction of sp³-hybridized carbons (Fsp3) is 0.417. The van der Waals surface area contributed by atoms with Crippen LogP contribution in [0.5, 0.6) is 0 Å². The van der Waals surface area contributed by atoms with Gasteiger partial charge < -0.3 is 5.11 Å². The minimum absolute atomic E-state index is 0. The highest BCUT2D eigenvalue weighted by Gasteiger charge is 2.28. The topological polar surface area (TPSA) is 32.6 Å². The van der Waals surface area contributed by atoms with Crippen LogP contribution in [0, 0.1) is 0 Å². The molecule has 0 heterocycles. The number of rotatable bonds is 2. The van der Waals surface area contributed by atoms with Crippen LogP contribution in [0.4, 0.5) is 5.69 Å². The summed E-state index contributed by atoms with van der Waals surface area (Å²) in [6, 6.07) is 7.40. The first-order valence-electron chi connectivity index (χ1n) is 5.22. The maximum atomic E-state index is 10.1. The molecule has 0 aromatic heterocycles. The van der Waals surface area contributed by atoms with E-state index in [-0.39, 0.29) is 12.4 Å². The highest BCUT2D eigenvalue weighted by Crippen LogP contribution is 2.30. The Kier molecular flexibility index (Phi) is 4.78. The fourth-order valence-corrected chi connectivity index (χ4v) is 2.05. The molecule has 2 nitrogen and oxygen atoms in total. The van der Waals surface area contributed by atoms with Gasteiger partial charge in [-0.25, -0.2) is 0 Å². The molecule has 0 bridgehead atoms. The second-order valence-corrected chi connectivity index (χ2v) is 4.43. The number of aliphatic imine (C=N–C) groups is 1. The number of benzene rings is 1. The maximum absolute atomic E-state index is 10.1. The molecule has 1 saturated carbocycles. The van der Waals surface area contributed by atoms with Gasteiger partial charge in [0.1, 0.15) is 0 Å². The van der Waals surface area contributed by atoms with Crippen molar-refractivity contribution in [3.8, 4) is 0 Å². The lowest BCUT2D eigenvalue weighted by molar-refractivity contribution is 0.126. The van der Waals surface area contributed by atoms with Crippen molar-refractivity contribution in [2.45, 2.75) is 31.3 Å². The summed E-state index contributed by atoms with van der Waals surface area (Å²) in [5, 5.41) is 10.7. The van der Waals surface area contributed by atoms with E-state index in [9.17, 15) is 5.11 Å². The first kappa shape index (κ1) is 13.5. The van der Waals surface area contributed by atoms with Gasteiger partial charge in [-0.1, -0.05) is 36.6 Å². The average Bonchev–Trinajstić information content (AvgIpc) is 2.65. The van der Waals surface area contributed by atoms with E-state index < -0.39 is 5.60 Å². The van der Waals surface area contributed by atoms with E-state index in [2.05, 4.69) is 4.99 Å². The minimum atomic E-state index is -0.709. The summed E-state index contributed by atoms with van der Waals surface area (Å²) in [6.07, 6.45) is 5.40. The molecule has 0 unspecified atom stereocenters. The molecule has 4 heteroatoms. The third-order valence-corrected chi connectivity index (χ3v) is 3.09. The summed E-state index contributed by atoms with van der Waals surface area (Å²) in [5.74, 6) is 0. The monoisotopic (exact) mass is 259 g/mol. The van der Waals surface area contributed by atoms with Crippen molar-refractivity contribution in [2.75, 3.05) is 0 Å². The van der Waals surface area contributed by atoms with Crippen molar-refractivity contribution in [1.82, 2.24) is 0 Å². The molecule has 2 rings (SSSR count). The van der Waals surface area contributed by atoms with Gasteiger partial charge in [-0.05, 0) is 25.0 Å². The predicted molar refractivity (Wildman–Crippen MR) is 70.3 cm³/mol. The Labute approximate surface area is 107 Å². The van der Waals surface area contributed by atoms with Crippen LogP contribution in [0.25, 0.3) is 0 Å². The van der Waals surface area contributed by atoms with Crippen molar-refractivity contribution in [2.24, 2.45) is 4.99 Å². The molecule has 0 amide bonds. The summed E-state index contributed by atoms with van der Waals surface area (Å²) >= 11 is 5.96. The molecule has 0 spiro atoms. The van der Waals surface area contributed by atoms with Crippen LogP contribution in [-0.4, -0.2) is 16.9 Å². The minimum Gasteiger partial charge on any atom is -0.384 e. The highest BCUT2D eigenvalue weighted by molar-refractivity contribution is 6.33. The van der Waals surface area contributed by atoms with E-state index in [1.807, 2.05) is 18.2 Å². The summed E-state index contributed by atoms with van der Waals surface area (Å²) in [4.78, 5) is 4.25. The molecule has 1 fully saturated rings. The molecular formula is C12H15Cl2NO. The van der Waals surface area contributed by atoms with E-state index >= 15 is 0 Å². The molecule has 1 aliphatic carbocycles. The number of hydrogen-bond donors (Lipinski definition) is 1. The summed E-state index contributed by atoms with van der Waals surface area (Å²) < 4.78 is 0. The molecular weight excluding hydrogens is 245 g/mol. The van der Waals surface area contributed by atoms with Crippen molar-refractivity contribution in [1.29, 1.82) is 0 Å². The normalized spacial score (nSPS) is 18.6. The lowest BCUT2D eigenvalue weighted by Gasteiger charge is -2.15. The Morgan fingerprint density at radius 3 is 2.50 bits per heavy atom. The van der Waals surface area contributed by atoms with Crippen molar-refractivity contribution in [3.63, 3.8) is 0 Å². The summed E-state index contributed by atoms with van der Waals surface area (Å²) in [7, 11) is 0. The summed E-state index contributed by atoms with van der Waals surface area (Å²) in [5.41, 5.74) is 0.0126. The SMILES string of the molecule is Cl.OC1(C=Nc2ccccc2Cl)CCCC1. The quantitative estimate of drug-likeness (QED) is 0.806. The fourth-order valence-electron chi connectivity index (χ4n) is 1.86. The molecule has 0 radical (unpaired) electrons. The third kappa shape index (κ3) is 3.21. The molecule has 16 heavy (non-hydrogen) atoms. The Hall–Kier alpha value is -0.570. The van der Waals surface area contributed by atoms with Crippen LogP contribution in [-0.2, 0) is 0 Å². The zero-order valence-corrected chi connectivity index (χ0v) is 10.5. The Morgan fingerprint density at radius 1 is 1.25 bits per heavy atom. The van der Waals surface area contributed by atoms with Crippen LogP contribution in [0.15, 0.2) is 29.3 Å². The van der Waals surface area contributed by atoms with Crippen molar-refractivity contribution >= 4 is 35.9 Å². The van der Waals surface area contributed by atoms with E-state index in [4.69, 9.17) is 11.6 Å². The van der Waals surface area contributed by atoms with Gasteiger partial charge in [-0.3, -0.25) is 4.99 Å². The molecule has 1 N–H and O–H groups in total. The van der Waals surface area contributed by atoms with Crippen LogP contribution >= 0.6 is 24.0 Å². The van der Waals surface area contributed by atoms with E-state index in [0.29, 0.717) is 5.02 Å². The lowest BCUT2D eigenvalue weighted by Crippen LogP contribution is -2.25. The number of aliphatic hydroxyl groups is 1. The molecule has 0 atom stereocenters. The van der Waals surface area contributed by atoms with Crippen molar-refractivity contribution in [3.05, 3.63) is 29.3 Å². The first-order valence-corrected chi connectivity index (χ1v) is 5.60. The van der Waals surface area contributed by atoms with E-state index in [1.165, 1.54) is 0 Å². The number of para-hydroxylation sites is 1. The first-order chi connectivity index (χ1) is 7.20. The zero-order chi connectivity index (χ0) is 10.7. The van der Waals surface area contributed by atoms with Gasteiger partial charge in [-0.2, -0.15) is 0 Å². The lowest BCUT2D eigenvalue weighted by atomic mass is 10.1. The molecule has 0 aliphatic heterocycles. The molecule has 1 aromatic rings. The largest absolute Gasteiger partial charge is 0.384 e. The Bertz CT molecular complexity index is 373. The smallest absolute Gasteiger partial charge is 0.0997 e. The van der Waals surface area contributed by atoms with Gasteiger partial charge in [-0.15, -0.1) is 12.4 Å². The van der Waals surface area contributed by atoms with Crippen molar-refractivity contribution < 1.29 is 5.11 Å². The molecule has 1 aromatic carbocycles. The summed E-state index contributed by atoms with van der Waals surface area (Å²) in [6.45, 7) is 0. The van der Waals surface area contributed by atoms with Gasteiger partial charge in [0.2, 0.25) is 0 Å². The Morgan fingerprint density at radius 2 is 1.88 bits per heavy atom. The third-order valence-electron chi connectivity index (χ3n) is 2.77. The van der Waals surface area contributed by atoms with Gasteiger partial charge in [0.25, 0.3) is 0 Å². The zero-order valence-electron chi connectivity index (χ0n) is 8.90. The molecule has 88 valence electrons. The van der Waals surface area contributed by atoms with Crippen LogP contribution in [0.2, 0.25) is 5.02 Å². The standard InChI is InChI=1S/C12H14ClNO.ClH/c13-10-5-1-2-6-11(10)14-9-12(15)7-3-4-8-12;/h1-2,5-6,9,15H,3-4,7-8H2;1H. The Balaban J connectivity index is 0.00000128. The average molecular weight is 260 g/mol. The van der Waals surface area contributed by atoms with Gasteiger partial charge in [0, 0.05) is 6.21 Å². The number of halogens is 2. The van der Waals surface area contributed by atoms with Gasteiger partial charge in [0.05, 0.1) is 16.3 Å². The number of nitrogens with zero attached hydrogens (tertiary/aromatic N) is 1. The van der Waals surface area contributed by atoms with Crippen LogP contribution in [0.1, 0.15) is 25.7 Å². The highest BCUT2D eigenvalue weighted by atomic mass is 35.5. The number of hydrogen-bond acceptors (Lipinski definition) is 2. The van der Waals surface area contributed by atoms with Crippen LogP contribution < -0.4 is 0 Å². The predicted octanol–water partition coefficient (Wildman–Crippen LogP) is 3.77.